The van der Waals surface area contributed by atoms with Gasteiger partial charge in [-0.15, -0.1) is 0 Å². The summed E-state index contributed by atoms with van der Waals surface area (Å²) in [7, 11) is 0. The van der Waals surface area contributed by atoms with Crippen LogP contribution in [0.1, 0.15) is 36.7 Å². The van der Waals surface area contributed by atoms with Gasteiger partial charge in [-0.3, -0.25) is 9.59 Å². The number of nitrogens with zero attached hydrogens (tertiary/aromatic N) is 1. The van der Waals surface area contributed by atoms with Crippen LogP contribution in [0.3, 0.4) is 0 Å². The number of amides is 2. The van der Waals surface area contributed by atoms with Gasteiger partial charge in [0.05, 0.1) is 12.3 Å². The molecule has 2 aromatic carbocycles. The Morgan fingerprint density at radius 2 is 1.85 bits per heavy atom. The summed E-state index contributed by atoms with van der Waals surface area (Å²) in [6.45, 7) is 5.26. The first-order chi connectivity index (χ1) is 12.3. The second-order valence-corrected chi connectivity index (χ2v) is 6.24. The smallest absolute Gasteiger partial charge is 0.271 e. The lowest BCUT2D eigenvalue weighted by Gasteiger charge is -2.12. The quantitative estimate of drug-likeness (QED) is 0.596. The highest BCUT2D eigenvalue weighted by Gasteiger charge is 2.07. The number of halogens is 1. The van der Waals surface area contributed by atoms with Crippen LogP contribution in [0.5, 0.6) is 5.75 Å². The summed E-state index contributed by atoms with van der Waals surface area (Å²) in [5.41, 5.74) is 4.15. The lowest BCUT2D eigenvalue weighted by Crippen LogP contribution is -2.18. The molecule has 7 heteroatoms. The van der Waals surface area contributed by atoms with Gasteiger partial charge in [0.2, 0.25) is 5.91 Å². The molecule has 0 aliphatic carbocycles. The van der Waals surface area contributed by atoms with Crippen LogP contribution < -0.4 is 15.5 Å². The van der Waals surface area contributed by atoms with Gasteiger partial charge >= 0.3 is 0 Å². The molecule has 0 fully saturated rings. The molecule has 26 heavy (non-hydrogen) atoms. The summed E-state index contributed by atoms with van der Waals surface area (Å²) in [5.74, 6) is 0.0822. The number of hydrogen-bond acceptors (Lipinski definition) is 4. The molecule has 2 N–H and O–H groups in total. The van der Waals surface area contributed by atoms with Gasteiger partial charge in [0.15, 0.2) is 0 Å². The number of anilines is 1. The Hall–Kier alpha value is -2.86. The molecule has 2 aromatic rings. The summed E-state index contributed by atoms with van der Waals surface area (Å²) in [4.78, 5) is 23.1. The molecule has 0 saturated heterocycles. The van der Waals surface area contributed by atoms with E-state index in [9.17, 15) is 9.59 Å². The number of rotatable bonds is 6. The van der Waals surface area contributed by atoms with E-state index in [2.05, 4.69) is 15.8 Å². The van der Waals surface area contributed by atoms with Crippen LogP contribution in [-0.2, 0) is 4.79 Å². The number of hydrazone groups is 1. The Kier molecular flexibility index (Phi) is 6.74. The van der Waals surface area contributed by atoms with E-state index in [4.69, 9.17) is 16.3 Å². The molecule has 0 unspecified atom stereocenters. The fourth-order valence-corrected chi connectivity index (χ4v) is 2.30. The van der Waals surface area contributed by atoms with Crippen molar-refractivity contribution in [1.82, 2.24) is 5.43 Å². The van der Waals surface area contributed by atoms with Crippen LogP contribution in [0.2, 0.25) is 5.02 Å². The van der Waals surface area contributed by atoms with E-state index in [0.29, 0.717) is 27.6 Å². The maximum atomic E-state index is 12.1. The lowest BCUT2D eigenvalue weighted by molar-refractivity contribution is -0.114. The SMILES string of the molecule is CC(=O)Nc1ccc(C(=O)NN=Cc2cc(Cl)ccc2OC(C)C)cc1. The van der Waals surface area contributed by atoms with Crippen LogP contribution in [-0.4, -0.2) is 24.1 Å². The van der Waals surface area contributed by atoms with E-state index >= 15 is 0 Å². The Morgan fingerprint density at radius 1 is 1.15 bits per heavy atom. The number of benzene rings is 2. The Labute approximate surface area is 157 Å². The number of ether oxygens (including phenoxy) is 1. The third kappa shape index (κ3) is 5.89. The summed E-state index contributed by atoms with van der Waals surface area (Å²) < 4.78 is 5.69. The van der Waals surface area contributed by atoms with E-state index in [-0.39, 0.29) is 17.9 Å². The van der Waals surface area contributed by atoms with Crippen molar-refractivity contribution in [1.29, 1.82) is 0 Å². The maximum absolute atomic E-state index is 12.1. The third-order valence-electron chi connectivity index (χ3n) is 3.17. The van der Waals surface area contributed by atoms with Gasteiger partial charge in [0, 0.05) is 28.8 Å². The molecule has 0 bridgehead atoms. The summed E-state index contributed by atoms with van der Waals surface area (Å²) in [5, 5.41) is 7.14. The van der Waals surface area contributed by atoms with E-state index < -0.39 is 0 Å². The van der Waals surface area contributed by atoms with Crippen molar-refractivity contribution < 1.29 is 14.3 Å². The van der Waals surface area contributed by atoms with Crippen LogP contribution >= 0.6 is 11.6 Å². The van der Waals surface area contributed by atoms with Crippen molar-refractivity contribution in [2.24, 2.45) is 5.10 Å². The predicted octanol–water partition coefficient (Wildman–Crippen LogP) is 3.85. The number of carbonyl (C=O) groups excluding carboxylic acids is 2. The summed E-state index contributed by atoms with van der Waals surface area (Å²) in [6, 6.07) is 11.7. The second kappa shape index (κ2) is 9.01. The molecule has 0 heterocycles. The fourth-order valence-electron chi connectivity index (χ4n) is 2.11. The largest absolute Gasteiger partial charge is 0.490 e. The van der Waals surface area contributed by atoms with E-state index in [1.165, 1.54) is 13.1 Å². The zero-order chi connectivity index (χ0) is 19.1. The Morgan fingerprint density at radius 3 is 2.46 bits per heavy atom. The van der Waals surface area contributed by atoms with Gasteiger partial charge in [-0.2, -0.15) is 5.10 Å². The summed E-state index contributed by atoms with van der Waals surface area (Å²) in [6.07, 6.45) is 1.48. The van der Waals surface area contributed by atoms with Crippen LogP contribution in [0.15, 0.2) is 47.6 Å². The van der Waals surface area contributed by atoms with Crippen LogP contribution in [0, 0.1) is 0 Å². The Bertz CT molecular complexity index is 817. The first-order valence-electron chi connectivity index (χ1n) is 8.02. The second-order valence-electron chi connectivity index (χ2n) is 5.81. The minimum atomic E-state index is -0.371. The molecular formula is C19H20ClN3O3. The maximum Gasteiger partial charge on any atom is 0.271 e. The van der Waals surface area contributed by atoms with Crippen molar-refractivity contribution in [2.75, 3.05) is 5.32 Å². The highest BCUT2D eigenvalue weighted by Crippen LogP contribution is 2.22. The molecule has 0 spiro atoms. The predicted molar refractivity (Wildman–Crippen MR) is 103 cm³/mol. The minimum Gasteiger partial charge on any atom is -0.490 e. The molecular weight excluding hydrogens is 354 g/mol. The molecule has 2 amide bonds. The molecule has 136 valence electrons. The lowest BCUT2D eigenvalue weighted by atomic mass is 10.2. The normalized spacial score (nSPS) is 10.8. The van der Waals surface area contributed by atoms with Gasteiger partial charge in [0.25, 0.3) is 5.91 Å². The molecule has 2 rings (SSSR count). The zero-order valence-corrected chi connectivity index (χ0v) is 15.5. The highest BCUT2D eigenvalue weighted by atomic mass is 35.5. The summed E-state index contributed by atoms with van der Waals surface area (Å²) >= 11 is 6.01. The van der Waals surface area contributed by atoms with Gasteiger partial charge in [-0.25, -0.2) is 5.43 Å². The highest BCUT2D eigenvalue weighted by molar-refractivity contribution is 6.30. The molecule has 0 aromatic heterocycles. The number of nitrogens with one attached hydrogen (secondary N) is 2. The third-order valence-corrected chi connectivity index (χ3v) is 3.41. The molecule has 0 radical (unpaired) electrons. The molecule has 6 nitrogen and oxygen atoms in total. The van der Waals surface area contributed by atoms with Crippen molar-refractivity contribution in [2.45, 2.75) is 26.9 Å². The molecule has 0 aliphatic heterocycles. The molecule has 0 aliphatic rings. The van der Waals surface area contributed by atoms with Gasteiger partial charge in [-0.1, -0.05) is 11.6 Å². The number of hydrogen-bond donors (Lipinski definition) is 2. The van der Waals surface area contributed by atoms with Gasteiger partial charge in [0.1, 0.15) is 5.75 Å². The van der Waals surface area contributed by atoms with E-state index in [0.717, 1.165) is 0 Å². The van der Waals surface area contributed by atoms with Crippen LogP contribution in [0.25, 0.3) is 0 Å². The van der Waals surface area contributed by atoms with E-state index in [1.807, 2.05) is 13.8 Å². The van der Waals surface area contributed by atoms with Gasteiger partial charge < -0.3 is 10.1 Å². The molecule has 0 saturated carbocycles. The minimum absolute atomic E-state index is 0.0000399. The van der Waals surface area contributed by atoms with Crippen molar-refractivity contribution in [3.63, 3.8) is 0 Å². The number of carbonyl (C=O) groups is 2. The fraction of sp³-hybridized carbons (Fsp3) is 0.211. The first kappa shape index (κ1) is 19.5. The van der Waals surface area contributed by atoms with Crippen molar-refractivity contribution in [3.8, 4) is 5.75 Å². The standard InChI is InChI=1S/C19H20ClN3O3/c1-12(2)26-18-9-6-16(20)10-15(18)11-21-23-19(25)14-4-7-17(8-5-14)22-13(3)24/h4-12H,1-3H3,(H,22,24)(H,23,25). The topological polar surface area (TPSA) is 79.8 Å². The zero-order valence-electron chi connectivity index (χ0n) is 14.7. The van der Waals surface area contributed by atoms with Gasteiger partial charge in [-0.05, 0) is 56.3 Å². The average molecular weight is 374 g/mol. The monoisotopic (exact) mass is 373 g/mol. The Balaban J connectivity index is 2.04. The first-order valence-corrected chi connectivity index (χ1v) is 8.40. The van der Waals surface area contributed by atoms with Crippen LogP contribution in [0.4, 0.5) is 5.69 Å². The average Bonchev–Trinajstić information content (AvgIpc) is 2.57. The molecule has 0 atom stereocenters. The van der Waals surface area contributed by atoms with Crippen molar-refractivity contribution in [3.05, 3.63) is 58.6 Å². The van der Waals surface area contributed by atoms with E-state index in [1.54, 1.807) is 42.5 Å². The van der Waals surface area contributed by atoms with Crippen molar-refractivity contribution >= 4 is 35.3 Å².